The van der Waals surface area contributed by atoms with Crippen molar-refractivity contribution in [2.45, 2.75) is 26.7 Å². The third-order valence-electron chi connectivity index (χ3n) is 4.49. The van der Waals surface area contributed by atoms with Gasteiger partial charge in [-0.15, -0.1) is 0 Å². The van der Waals surface area contributed by atoms with Gasteiger partial charge in [0.25, 0.3) is 11.8 Å². The monoisotopic (exact) mass is 410 g/mol. The van der Waals surface area contributed by atoms with Gasteiger partial charge in [0.1, 0.15) is 0 Å². The second-order valence-corrected chi connectivity index (χ2v) is 6.93. The smallest absolute Gasteiger partial charge is 0.253 e. The van der Waals surface area contributed by atoms with E-state index in [-0.39, 0.29) is 24.3 Å². The average molecular weight is 411 g/mol. The standard InChI is InChI=1S/C23H30N4O3/c1-4-13-27(14-5-2)23(30)17-9-11-19(12-10-17)26-21(28)16-25-20-8-6-7-18(15-20)22(29)24-3/h6-12,15,25H,4-5,13-14,16H2,1-3H3,(H,24,29)(H,26,28). The summed E-state index contributed by atoms with van der Waals surface area (Å²) in [6, 6.07) is 13.9. The average Bonchev–Trinajstić information content (AvgIpc) is 2.77. The van der Waals surface area contributed by atoms with Crippen molar-refractivity contribution < 1.29 is 14.4 Å². The first-order valence-electron chi connectivity index (χ1n) is 10.2. The summed E-state index contributed by atoms with van der Waals surface area (Å²) in [5, 5.41) is 8.37. The maximum absolute atomic E-state index is 12.6. The van der Waals surface area contributed by atoms with Crippen LogP contribution in [-0.4, -0.2) is 49.3 Å². The molecule has 7 nitrogen and oxygen atoms in total. The minimum absolute atomic E-state index is 0.00856. The van der Waals surface area contributed by atoms with Crippen molar-refractivity contribution in [1.82, 2.24) is 10.2 Å². The van der Waals surface area contributed by atoms with Gasteiger partial charge in [0, 0.05) is 42.6 Å². The Morgan fingerprint density at radius 1 is 0.867 bits per heavy atom. The van der Waals surface area contributed by atoms with E-state index in [2.05, 4.69) is 29.8 Å². The first-order valence-corrected chi connectivity index (χ1v) is 10.2. The van der Waals surface area contributed by atoms with Crippen LogP contribution in [0.4, 0.5) is 11.4 Å². The van der Waals surface area contributed by atoms with E-state index in [0.717, 1.165) is 25.9 Å². The SMILES string of the molecule is CCCN(CCC)C(=O)c1ccc(NC(=O)CNc2cccc(C(=O)NC)c2)cc1. The lowest BCUT2D eigenvalue weighted by atomic mass is 10.1. The van der Waals surface area contributed by atoms with E-state index in [1.165, 1.54) is 0 Å². The molecule has 0 saturated carbocycles. The minimum atomic E-state index is -0.224. The Bertz CT molecular complexity index is 859. The molecule has 0 bridgehead atoms. The largest absolute Gasteiger partial charge is 0.376 e. The summed E-state index contributed by atoms with van der Waals surface area (Å²) < 4.78 is 0. The Morgan fingerprint density at radius 2 is 1.53 bits per heavy atom. The van der Waals surface area contributed by atoms with Crippen LogP contribution in [0.15, 0.2) is 48.5 Å². The van der Waals surface area contributed by atoms with E-state index in [1.807, 2.05) is 4.90 Å². The zero-order valence-corrected chi connectivity index (χ0v) is 17.8. The molecule has 30 heavy (non-hydrogen) atoms. The van der Waals surface area contributed by atoms with Gasteiger partial charge in [0.15, 0.2) is 0 Å². The normalized spacial score (nSPS) is 10.2. The molecule has 0 aromatic heterocycles. The molecule has 0 aliphatic heterocycles. The van der Waals surface area contributed by atoms with Gasteiger partial charge in [0.05, 0.1) is 6.54 Å². The quantitative estimate of drug-likeness (QED) is 0.560. The number of nitrogens with zero attached hydrogens (tertiary/aromatic N) is 1. The van der Waals surface area contributed by atoms with Crippen LogP contribution in [0.25, 0.3) is 0 Å². The lowest BCUT2D eigenvalue weighted by molar-refractivity contribution is -0.114. The Balaban J connectivity index is 1.91. The molecule has 0 aliphatic carbocycles. The van der Waals surface area contributed by atoms with Crippen LogP contribution in [-0.2, 0) is 4.79 Å². The summed E-state index contributed by atoms with van der Waals surface area (Å²) >= 11 is 0. The van der Waals surface area contributed by atoms with Gasteiger partial charge < -0.3 is 20.9 Å². The van der Waals surface area contributed by atoms with E-state index in [0.29, 0.717) is 22.5 Å². The van der Waals surface area contributed by atoms with Gasteiger partial charge in [-0.25, -0.2) is 0 Å². The molecular weight excluding hydrogens is 380 g/mol. The fourth-order valence-corrected chi connectivity index (χ4v) is 3.04. The summed E-state index contributed by atoms with van der Waals surface area (Å²) in [7, 11) is 1.57. The molecule has 0 saturated heterocycles. The van der Waals surface area contributed by atoms with Crippen LogP contribution in [0.2, 0.25) is 0 Å². The van der Waals surface area contributed by atoms with Crippen molar-refractivity contribution in [3.8, 4) is 0 Å². The van der Waals surface area contributed by atoms with E-state index >= 15 is 0 Å². The van der Waals surface area contributed by atoms with Crippen molar-refractivity contribution in [2.24, 2.45) is 0 Å². The van der Waals surface area contributed by atoms with E-state index in [4.69, 9.17) is 0 Å². The molecule has 2 aromatic carbocycles. The third-order valence-corrected chi connectivity index (χ3v) is 4.49. The van der Waals surface area contributed by atoms with Crippen LogP contribution < -0.4 is 16.0 Å². The van der Waals surface area contributed by atoms with Crippen LogP contribution in [0.3, 0.4) is 0 Å². The number of carbonyl (C=O) groups is 3. The Kier molecular flexibility index (Phi) is 8.87. The topological polar surface area (TPSA) is 90.5 Å². The number of nitrogens with one attached hydrogen (secondary N) is 3. The third kappa shape index (κ3) is 6.62. The predicted molar refractivity (Wildman–Crippen MR) is 120 cm³/mol. The van der Waals surface area contributed by atoms with Gasteiger partial charge >= 0.3 is 0 Å². The summed E-state index contributed by atoms with van der Waals surface area (Å²) in [6.45, 7) is 5.63. The Hall–Kier alpha value is -3.35. The lowest BCUT2D eigenvalue weighted by Crippen LogP contribution is -2.32. The minimum Gasteiger partial charge on any atom is -0.376 e. The Labute approximate surface area is 177 Å². The lowest BCUT2D eigenvalue weighted by Gasteiger charge is -2.21. The van der Waals surface area contributed by atoms with Gasteiger partial charge in [-0.3, -0.25) is 14.4 Å². The molecule has 0 spiro atoms. The summed E-state index contributed by atoms with van der Waals surface area (Å²) in [5.41, 5.74) is 2.43. The highest BCUT2D eigenvalue weighted by atomic mass is 16.2. The van der Waals surface area contributed by atoms with Crippen molar-refractivity contribution in [3.63, 3.8) is 0 Å². The number of hydrogen-bond acceptors (Lipinski definition) is 4. The molecule has 7 heteroatoms. The van der Waals surface area contributed by atoms with Crippen molar-refractivity contribution in [2.75, 3.05) is 37.3 Å². The molecule has 3 amide bonds. The molecule has 0 radical (unpaired) electrons. The summed E-state index contributed by atoms with van der Waals surface area (Å²) in [5.74, 6) is -0.401. The molecule has 160 valence electrons. The van der Waals surface area contributed by atoms with Crippen LogP contribution in [0, 0.1) is 0 Å². The molecule has 0 unspecified atom stereocenters. The highest BCUT2D eigenvalue weighted by Crippen LogP contribution is 2.13. The van der Waals surface area contributed by atoms with Gasteiger partial charge in [0.2, 0.25) is 5.91 Å². The molecule has 0 fully saturated rings. The number of anilines is 2. The van der Waals surface area contributed by atoms with Crippen molar-refractivity contribution >= 4 is 29.1 Å². The van der Waals surface area contributed by atoms with Gasteiger partial charge in [-0.1, -0.05) is 19.9 Å². The maximum Gasteiger partial charge on any atom is 0.253 e. The zero-order chi connectivity index (χ0) is 21.9. The number of carbonyl (C=O) groups excluding carboxylic acids is 3. The van der Waals surface area contributed by atoms with Crippen LogP contribution >= 0.6 is 0 Å². The second kappa shape index (κ2) is 11.6. The molecule has 0 heterocycles. The van der Waals surface area contributed by atoms with Gasteiger partial charge in [-0.2, -0.15) is 0 Å². The van der Waals surface area contributed by atoms with Crippen molar-refractivity contribution in [3.05, 3.63) is 59.7 Å². The number of benzene rings is 2. The summed E-state index contributed by atoms with van der Waals surface area (Å²) in [4.78, 5) is 38.4. The van der Waals surface area contributed by atoms with E-state index in [9.17, 15) is 14.4 Å². The van der Waals surface area contributed by atoms with E-state index in [1.54, 1.807) is 55.6 Å². The van der Waals surface area contributed by atoms with Gasteiger partial charge in [-0.05, 0) is 55.3 Å². The van der Waals surface area contributed by atoms with E-state index < -0.39 is 0 Å². The number of amides is 3. The fourth-order valence-electron chi connectivity index (χ4n) is 3.04. The predicted octanol–water partition coefficient (Wildman–Crippen LogP) is 3.36. The van der Waals surface area contributed by atoms with Crippen LogP contribution in [0.1, 0.15) is 47.4 Å². The number of hydrogen-bond donors (Lipinski definition) is 3. The first-order chi connectivity index (χ1) is 14.5. The molecule has 2 aromatic rings. The fraction of sp³-hybridized carbons (Fsp3) is 0.348. The summed E-state index contributed by atoms with van der Waals surface area (Å²) in [6.07, 6.45) is 1.83. The molecule has 0 aliphatic rings. The van der Waals surface area contributed by atoms with Crippen LogP contribution in [0.5, 0.6) is 0 Å². The molecule has 3 N–H and O–H groups in total. The second-order valence-electron chi connectivity index (χ2n) is 6.93. The Morgan fingerprint density at radius 3 is 2.13 bits per heavy atom. The first kappa shape index (κ1) is 22.9. The molecule has 0 atom stereocenters. The molecule has 2 rings (SSSR count). The zero-order valence-electron chi connectivity index (χ0n) is 17.8. The number of rotatable bonds is 10. The highest BCUT2D eigenvalue weighted by molar-refractivity contribution is 5.97. The maximum atomic E-state index is 12.6. The van der Waals surface area contributed by atoms with Crippen molar-refractivity contribution in [1.29, 1.82) is 0 Å². The molecular formula is C23H30N4O3. The highest BCUT2D eigenvalue weighted by Gasteiger charge is 2.14.